The average Bonchev–Trinajstić information content (AvgIpc) is 2.70. The summed E-state index contributed by atoms with van der Waals surface area (Å²) in [6.45, 7) is 1.91. The molecule has 0 aliphatic rings. The molecule has 2 rings (SSSR count). The quantitative estimate of drug-likeness (QED) is 0.462. The molecule has 152 valence electrons. The Morgan fingerprint density at radius 1 is 1.21 bits per heavy atom. The Morgan fingerprint density at radius 3 is 2.43 bits per heavy atom. The molecule has 1 N–H and O–H groups in total. The highest BCUT2D eigenvalue weighted by Crippen LogP contribution is 2.20. The van der Waals surface area contributed by atoms with E-state index in [4.69, 9.17) is 4.74 Å². The second-order valence-corrected chi connectivity index (χ2v) is 9.39. The van der Waals surface area contributed by atoms with Crippen LogP contribution in [0, 0.1) is 0 Å². The van der Waals surface area contributed by atoms with Crippen molar-refractivity contribution in [2.75, 3.05) is 26.5 Å². The molecule has 0 aliphatic carbocycles. The largest absolute Gasteiger partial charge is 0.491 e. The number of aliphatic hydroxyl groups is 1. The van der Waals surface area contributed by atoms with Crippen molar-refractivity contribution in [3.05, 3.63) is 48.2 Å². The minimum Gasteiger partial charge on any atom is -0.491 e. The Kier molecular flexibility index (Phi) is 7.99. The van der Waals surface area contributed by atoms with Crippen molar-refractivity contribution >= 4 is 27.6 Å². The lowest BCUT2D eigenvalue weighted by Gasteiger charge is -2.13. The van der Waals surface area contributed by atoms with Gasteiger partial charge in [0, 0.05) is 38.0 Å². The summed E-state index contributed by atoms with van der Waals surface area (Å²) in [5.74, 6) is 0.993. The Morgan fingerprint density at radius 2 is 1.89 bits per heavy atom. The molecular weight excluding hydrogens is 400 g/mol. The summed E-state index contributed by atoms with van der Waals surface area (Å²) in [5.41, 5.74) is 0.636. The van der Waals surface area contributed by atoms with Gasteiger partial charge in [0.25, 0.3) is 0 Å². The van der Waals surface area contributed by atoms with Gasteiger partial charge in [-0.1, -0.05) is 6.92 Å². The number of hydrogen-bond donors (Lipinski definition) is 1. The lowest BCUT2D eigenvalue weighted by atomic mass is 10.1. The first-order valence-electron chi connectivity index (χ1n) is 8.69. The smallest absolute Gasteiger partial charge is 0.244 e. The van der Waals surface area contributed by atoms with E-state index in [0.29, 0.717) is 28.5 Å². The fourth-order valence-electron chi connectivity index (χ4n) is 2.18. The van der Waals surface area contributed by atoms with Crippen LogP contribution in [0.15, 0.2) is 52.5 Å². The van der Waals surface area contributed by atoms with Crippen molar-refractivity contribution < 1.29 is 23.1 Å². The molecule has 0 radical (unpaired) electrons. The number of rotatable bonds is 10. The first-order valence-corrected chi connectivity index (χ1v) is 11.1. The van der Waals surface area contributed by atoms with Gasteiger partial charge in [-0.2, -0.15) is 0 Å². The van der Waals surface area contributed by atoms with E-state index in [9.17, 15) is 18.3 Å². The zero-order valence-electron chi connectivity index (χ0n) is 16.0. The Bertz CT molecular complexity index is 882. The molecule has 2 aromatic rings. The first kappa shape index (κ1) is 22.4. The van der Waals surface area contributed by atoms with Gasteiger partial charge in [-0.25, -0.2) is 17.7 Å². The van der Waals surface area contributed by atoms with E-state index in [-0.39, 0.29) is 17.3 Å². The summed E-state index contributed by atoms with van der Waals surface area (Å²) in [6.07, 6.45) is 1.03. The summed E-state index contributed by atoms with van der Waals surface area (Å²) in [5, 5.41) is 10.7. The Balaban J connectivity index is 1.82. The van der Waals surface area contributed by atoms with Crippen molar-refractivity contribution in [2.24, 2.45) is 0 Å². The maximum Gasteiger partial charge on any atom is 0.244 e. The molecule has 1 aromatic heterocycles. The summed E-state index contributed by atoms with van der Waals surface area (Å²) < 4.78 is 30.7. The second-order valence-electron chi connectivity index (χ2n) is 6.20. The maximum absolute atomic E-state index is 12.0. The van der Waals surface area contributed by atoms with E-state index in [1.54, 1.807) is 30.3 Å². The van der Waals surface area contributed by atoms with E-state index >= 15 is 0 Å². The maximum atomic E-state index is 12.0. The molecule has 0 fully saturated rings. The number of nitrogens with zero attached hydrogens (tertiary/aromatic N) is 2. The van der Waals surface area contributed by atoms with Gasteiger partial charge < -0.3 is 9.84 Å². The molecule has 0 saturated carbocycles. The first-order chi connectivity index (χ1) is 13.2. The molecule has 1 aromatic carbocycles. The standard InChI is InChI=1S/C19H24N2O5S2/c1-4-18(23)14-5-7-16(8-6-14)26-12-15(22)13-27-19-10-9-17(11-20-19)28(24,25)21(2)3/h5-11,15,22H,4,12-13H2,1-3H3. The summed E-state index contributed by atoms with van der Waals surface area (Å²) in [6, 6.07) is 9.92. The number of sulfonamides is 1. The van der Waals surface area contributed by atoms with Crippen LogP contribution in [0.5, 0.6) is 5.75 Å². The molecule has 0 saturated heterocycles. The number of carbonyl (C=O) groups is 1. The van der Waals surface area contributed by atoms with Gasteiger partial charge in [-0.3, -0.25) is 4.79 Å². The summed E-state index contributed by atoms with van der Waals surface area (Å²) in [4.78, 5) is 15.8. The van der Waals surface area contributed by atoms with E-state index in [2.05, 4.69) is 4.98 Å². The van der Waals surface area contributed by atoms with Gasteiger partial charge in [-0.15, -0.1) is 11.8 Å². The average molecular weight is 425 g/mol. The number of carbonyl (C=O) groups excluding carboxylic acids is 1. The molecule has 1 unspecified atom stereocenters. The van der Waals surface area contributed by atoms with Crippen LogP contribution in [0.2, 0.25) is 0 Å². The lowest BCUT2D eigenvalue weighted by Crippen LogP contribution is -2.22. The van der Waals surface area contributed by atoms with E-state index in [1.807, 2.05) is 6.92 Å². The summed E-state index contributed by atoms with van der Waals surface area (Å²) >= 11 is 1.31. The highest BCUT2D eigenvalue weighted by molar-refractivity contribution is 7.99. The van der Waals surface area contributed by atoms with E-state index in [1.165, 1.54) is 38.1 Å². The third-order valence-corrected chi connectivity index (χ3v) is 6.74. The molecule has 7 nitrogen and oxygen atoms in total. The van der Waals surface area contributed by atoms with Crippen LogP contribution in [0.25, 0.3) is 0 Å². The number of thioether (sulfide) groups is 1. The minimum absolute atomic E-state index is 0.0693. The number of aliphatic hydroxyl groups excluding tert-OH is 1. The van der Waals surface area contributed by atoms with Crippen LogP contribution in [-0.4, -0.2) is 61.2 Å². The Hall–Kier alpha value is -1.94. The van der Waals surface area contributed by atoms with Gasteiger partial charge in [-0.05, 0) is 36.4 Å². The molecule has 1 heterocycles. The van der Waals surface area contributed by atoms with Gasteiger partial charge in [0.15, 0.2) is 5.78 Å². The lowest BCUT2D eigenvalue weighted by molar-refractivity contribution is 0.0987. The van der Waals surface area contributed by atoms with Crippen molar-refractivity contribution in [2.45, 2.75) is 29.4 Å². The molecule has 0 bridgehead atoms. The van der Waals surface area contributed by atoms with E-state index in [0.717, 1.165) is 4.31 Å². The highest BCUT2D eigenvalue weighted by Gasteiger charge is 2.17. The zero-order valence-corrected chi connectivity index (χ0v) is 17.7. The third-order valence-electron chi connectivity index (χ3n) is 3.85. The number of ketones is 1. The van der Waals surface area contributed by atoms with Gasteiger partial charge >= 0.3 is 0 Å². The monoisotopic (exact) mass is 424 g/mol. The van der Waals surface area contributed by atoms with Crippen molar-refractivity contribution in [1.82, 2.24) is 9.29 Å². The number of ether oxygens (including phenoxy) is 1. The number of Topliss-reactive ketones (excluding diaryl/α,β-unsaturated/α-hetero) is 1. The van der Waals surface area contributed by atoms with Crippen molar-refractivity contribution in [3.63, 3.8) is 0 Å². The van der Waals surface area contributed by atoms with Crippen LogP contribution >= 0.6 is 11.8 Å². The zero-order chi connectivity index (χ0) is 20.7. The van der Waals surface area contributed by atoms with Crippen LogP contribution < -0.4 is 4.74 Å². The van der Waals surface area contributed by atoms with Crippen LogP contribution in [-0.2, 0) is 10.0 Å². The fraction of sp³-hybridized carbons (Fsp3) is 0.368. The van der Waals surface area contributed by atoms with Crippen LogP contribution in [0.4, 0.5) is 0 Å². The summed E-state index contributed by atoms with van der Waals surface area (Å²) in [7, 11) is -0.580. The highest BCUT2D eigenvalue weighted by atomic mass is 32.2. The number of pyridine rings is 1. The molecule has 1 atom stereocenters. The minimum atomic E-state index is -3.50. The number of benzene rings is 1. The van der Waals surface area contributed by atoms with Gasteiger partial charge in [0.05, 0.1) is 11.1 Å². The molecule has 0 spiro atoms. The van der Waals surface area contributed by atoms with Crippen molar-refractivity contribution in [1.29, 1.82) is 0 Å². The molecule has 0 aliphatic heterocycles. The van der Waals surface area contributed by atoms with Crippen LogP contribution in [0.3, 0.4) is 0 Å². The normalized spacial score (nSPS) is 12.8. The number of aromatic nitrogens is 1. The Labute approximate surface area is 169 Å². The van der Waals surface area contributed by atoms with E-state index < -0.39 is 16.1 Å². The molecule has 0 amide bonds. The van der Waals surface area contributed by atoms with Gasteiger partial charge in [0.1, 0.15) is 17.3 Å². The van der Waals surface area contributed by atoms with Crippen molar-refractivity contribution in [3.8, 4) is 5.75 Å². The second kappa shape index (κ2) is 10.0. The molecule has 28 heavy (non-hydrogen) atoms. The van der Waals surface area contributed by atoms with Gasteiger partial charge in [0.2, 0.25) is 10.0 Å². The molecular formula is C19H24N2O5S2. The third kappa shape index (κ3) is 6.03. The molecule has 9 heteroatoms. The van der Waals surface area contributed by atoms with Crippen LogP contribution in [0.1, 0.15) is 23.7 Å². The SMILES string of the molecule is CCC(=O)c1ccc(OCC(O)CSc2ccc(S(=O)(=O)N(C)C)cn2)cc1. The predicted octanol–water partition coefficient (Wildman–Crippen LogP) is 2.46. The fourth-order valence-corrected chi connectivity index (χ4v) is 3.78. The number of hydrogen-bond acceptors (Lipinski definition) is 7. The topological polar surface area (TPSA) is 96.8 Å². The predicted molar refractivity (Wildman–Crippen MR) is 108 cm³/mol.